The van der Waals surface area contributed by atoms with Crippen molar-refractivity contribution >= 4 is 11.5 Å². The molecule has 0 fully saturated rings. The summed E-state index contributed by atoms with van der Waals surface area (Å²) < 4.78 is 2.24. The quantitative estimate of drug-likeness (QED) is 0.179. The summed E-state index contributed by atoms with van der Waals surface area (Å²) in [6.07, 6.45) is 12.7. The third-order valence-electron chi connectivity index (χ3n) is 7.31. The molecule has 6 nitrogen and oxygen atoms in total. The van der Waals surface area contributed by atoms with Crippen LogP contribution in [0.5, 0.6) is 0 Å². The number of carbonyl (C=O) groups is 1. The van der Waals surface area contributed by atoms with E-state index in [9.17, 15) is 4.79 Å². The molecule has 1 aromatic heterocycles. The summed E-state index contributed by atoms with van der Waals surface area (Å²) in [5.41, 5.74) is 5.50. The molecular formula is C34H45N5O. The maximum Gasteiger partial charge on any atom is 0.167 e. The first-order valence-electron chi connectivity index (χ1n) is 14.9. The van der Waals surface area contributed by atoms with Crippen molar-refractivity contribution in [1.29, 1.82) is 0 Å². The molecule has 0 amide bonds. The number of hydrogen-bond donors (Lipinski definition) is 0. The lowest BCUT2D eigenvalue weighted by atomic mass is 10.0. The van der Waals surface area contributed by atoms with Crippen LogP contribution in [0.4, 0.5) is 0 Å². The van der Waals surface area contributed by atoms with Crippen molar-refractivity contribution in [3.05, 3.63) is 101 Å². The largest absolute Gasteiger partial charge is 0.334 e. The lowest BCUT2D eigenvalue weighted by Gasteiger charge is -2.23. The minimum absolute atomic E-state index is 0.155. The van der Waals surface area contributed by atoms with Crippen LogP contribution in [0, 0.1) is 0 Å². The highest BCUT2D eigenvalue weighted by molar-refractivity contribution is 5.97. The van der Waals surface area contributed by atoms with E-state index in [0.717, 1.165) is 75.6 Å². The van der Waals surface area contributed by atoms with Crippen molar-refractivity contribution < 1.29 is 4.79 Å². The van der Waals surface area contributed by atoms with Crippen molar-refractivity contribution in [3.8, 4) is 0 Å². The van der Waals surface area contributed by atoms with Crippen LogP contribution >= 0.6 is 0 Å². The highest BCUT2D eigenvalue weighted by Gasteiger charge is 2.15. The molecule has 0 aliphatic carbocycles. The fraction of sp³-hybridized carbons (Fsp3) is 0.441. The van der Waals surface area contributed by atoms with Crippen molar-refractivity contribution in [2.75, 3.05) is 19.6 Å². The van der Waals surface area contributed by atoms with Crippen molar-refractivity contribution in [3.63, 3.8) is 0 Å². The number of allylic oxidation sites excluding steroid dienone is 1. The minimum Gasteiger partial charge on any atom is -0.334 e. The first-order valence-corrected chi connectivity index (χ1v) is 14.9. The Balaban J connectivity index is 1.36. The highest BCUT2D eigenvalue weighted by atomic mass is 16.1. The maximum absolute atomic E-state index is 13.1. The zero-order valence-electron chi connectivity index (χ0n) is 24.6. The lowest BCUT2D eigenvalue weighted by molar-refractivity contribution is 0.0993. The van der Waals surface area contributed by atoms with E-state index >= 15 is 0 Å². The van der Waals surface area contributed by atoms with Crippen LogP contribution in [0.2, 0.25) is 0 Å². The van der Waals surface area contributed by atoms with Gasteiger partial charge in [0.15, 0.2) is 5.78 Å². The van der Waals surface area contributed by atoms with Gasteiger partial charge in [-0.3, -0.25) is 19.6 Å². The summed E-state index contributed by atoms with van der Waals surface area (Å²) in [7, 11) is 0. The summed E-state index contributed by atoms with van der Waals surface area (Å²) in [6, 6.07) is 16.7. The Bertz CT molecular complexity index is 1250. The van der Waals surface area contributed by atoms with Gasteiger partial charge in [-0.1, -0.05) is 75.4 Å². The molecule has 1 aliphatic heterocycles. The van der Waals surface area contributed by atoms with Crippen LogP contribution in [0.3, 0.4) is 0 Å². The third kappa shape index (κ3) is 8.83. The molecule has 4 rings (SSSR count). The molecule has 2 heterocycles. The van der Waals surface area contributed by atoms with Gasteiger partial charge < -0.3 is 4.57 Å². The molecule has 6 heteroatoms. The number of nitrogens with zero attached hydrogens (tertiary/aromatic N) is 5. The van der Waals surface area contributed by atoms with E-state index < -0.39 is 0 Å². The van der Waals surface area contributed by atoms with Crippen LogP contribution in [0.15, 0.2) is 78.2 Å². The summed E-state index contributed by atoms with van der Waals surface area (Å²) >= 11 is 0. The average Bonchev–Trinajstić information content (AvgIpc) is 3.63. The van der Waals surface area contributed by atoms with Crippen LogP contribution in [0.1, 0.15) is 79.3 Å². The average molecular weight is 540 g/mol. The number of carbonyl (C=O) groups excluding carboxylic acids is 1. The molecule has 40 heavy (non-hydrogen) atoms. The number of aliphatic imine (C=N–C) groups is 1. The molecule has 0 spiro atoms. The first kappa shape index (κ1) is 29.6. The fourth-order valence-corrected chi connectivity index (χ4v) is 5.33. The van der Waals surface area contributed by atoms with Crippen LogP contribution in [0.25, 0.3) is 0 Å². The third-order valence-corrected chi connectivity index (χ3v) is 7.31. The predicted molar refractivity (Wildman–Crippen MR) is 165 cm³/mol. The van der Waals surface area contributed by atoms with Gasteiger partial charge in [0.1, 0.15) is 5.82 Å². The van der Waals surface area contributed by atoms with Gasteiger partial charge in [-0.05, 0) is 49.0 Å². The monoisotopic (exact) mass is 539 g/mol. The van der Waals surface area contributed by atoms with Crippen LogP contribution in [-0.4, -0.2) is 50.5 Å². The van der Waals surface area contributed by atoms with E-state index in [2.05, 4.69) is 93.8 Å². The Hall–Kier alpha value is -3.35. The van der Waals surface area contributed by atoms with E-state index in [0.29, 0.717) is 6.42 Å². The molecule has 0 atom stereocenters. The van der Waals surface area contributed by atoms with E-state index in [4.69, 9.17) is 0 Å². The molecule has 0 saturated heterocycles. The van der Waals surface area contributed by atoms with Gasteiger partial charge in [-0.2, -0.15) is 0 Å². The number of imidazole rings is 1. The second kappa shape index (κ2) is 15.4. The summed E-state index contributed by atoms with van der Waals surface area (Å²) in [6.45, 7) is 13.2. The predicted octanol–water partition coefficient (Wildman–Crippen LogP) is 6.70. The van der Waals surface area contributed by atoms with E-state index in [-0.39, 0.29) is 5.78 Å². The number of aryl methyl sites for hydroxylation is 1. The Kier molecular flexibility index (Phi) is 11.4. The molecule has 3 aromatic rings. The molecule has 1 aliphatic rings. The molecule has 0 N–H and O–H groups in total. The van der Waals surface area contributed by atoms with Gasteiger partial charge in [-0.15, -0.1) is 0 Å². The highest BCUT2D eigenvalue weighted by Crippen LogP contribution is 2.16. The number of benzene rings is 2. The lowest BCUT2D eigenvalue weighted by Crippen LogP contribution is -2.30. The topological polar surface area (TPSA) is 53.7 Å². The normalized spacial score (nSPS) is 13.0. The van der Waals surface area contributed by atoms with Gasteiger partial charge in [0.25, 0.3) is 0 Å². The number of Topliss-reactive ketones (excluding diaryl/α,β-unsaturated/α-hetero) is 1. The molecule has 0 saturated carbocycles. The number of ketones is 1. The van der Waals surface area contributed by atoms with Gasteiger partial charge in [0.05, 0.1) is 6.54 Å². The van der Waals surface area contributed by atoms with Crippen LogP contribution in [-0.2, 0) is 32.6 Å². The number of hydrogen-bond acceptors (Lipinski definition) is 5. The van der Waals surface area contributed by atoms with E-state index in [1.807, 2.05) is 24.5 Å². The maximum atomic E-state index is 13.1. The Morgan fingerprint density at radius 3 is 2.08 bits per heavy atom. The van der Waals surface area contributed by atoms with Crippen LogP contribution < -0.4 is 0 Å². The zero-order chi connectivity index (χ0) is 28.2. The number of rotatable bonds is 17. The van der Waals surface area contributed by atoms with Crippen molar-refractivity contribution in [2.45, 2.75) is 79.1 Å². The molecule has 0 radical (unpaired) electrons. The molecular weight excluding hydrogens is 494 g/mol. The minimum atomic E-state index is 0.155. The molecule has 2 aromatic carbocycles. The molecule has 0 bridgehead atoms. The Labute approximate surface area is 240 Å². The fourth-order valence-electron chi connectivity index (χ4n) is 5.33. The standard InChI is InChI=1S/C34H45N5O/c1-4-19-37(20-5-2)24-29-11-9-28(10-12-29)23-33(40)31-15-13-30(14-16-31)25-38(26-32-8-7-17-35-32)27-34-36-18-22-39(34)21-6-3/h7,9-18,22H,4-6,8,19-21,23-27H2,1-3H3. The molecule has 0 unspecified atom stereocenters. The molecule has 212 valence electrons. The van der Waals surface area contributed by atoms with Gasteiger partial charge in [-0.25, -0.2) is 4.98 Å². The van der Waals surface area contributed by atoms with Gasteiger partial charge in [0, 0.05) is 68.9 Å². The zero-order valence-corrected chi connectivity index (χ0v) is 24.6. The SMILES string of the molecule is CCCN(CCC)Cc1ccc(CC(=O)c2ccc(CN(CC3=NC=CC3)Cc3nccn3CCC)cc2)cc1. The van der Waals surface area contributed by atoms with Crippen molar-refractivity contribution in [2.24, 2.45) is 4.99 Å². The summed E-state index contributed by atoms with van der Waals surface area (Å²) in [5, 5.41) is 0. The second-order valence-corrected chi connectivity index (χ2v) is 10.9. The van der Waals surface area contributed by atoms with Crippen molar-refractivity contribution in [1.82, 2.24) is 19.4 Å². The van der Waals surface area contributed by atoms with E-state index in [1.54, 1.807) is 0 Å². The second-order valence-electron chi connectivity index (χ2n) is 10.9. The number of aromatic nitrogens is 2. The Morgan fingerprint density at radius 1 is 0.800 bits per heavy atom. The Morgan fingerprint density at radius 2 is 1.45 bits per heavy atom. The van der Waals surface area contributed by atoms with E-state index in [1.165, 1.54) is 29.7 Å². The summed E-state index contributed by atoms with van der Waals surface area (Å²) in [5.74, 6) is 1.23. The van der Waals surface area contributed by atoms with Gasteiger partial charge in [0.2, 0.25) is 0 Å². The summed E-state index contributed by atoms with van der Waals surface area (Å²) in [4.78, 5) is 27.1. The van der Waals surface area contributed by atoms with Gasteiger partial charge >= 0.3 is 0 Å². The first-order chi connectivity index (χ1) is 19.6. The smallest absolute Gasteiger partial charge is 0.167 e.